The summed E-state index contributed by atoms with van der Waals surface area (Å²) >= 11 is 0. The number of benzene rings is 1. The molecule has 0 aromatic heterocycles. The van der Waals surface area contributed by atoms with Gasteiger partial charge in [0.2, 0.25) is 12.7 Å². The molecule has 1 N–H and O–H groups in total. The third-order valence-corrected chi connectivity index (χ3v) is 4.50. The number of rotatable bonds is 3. The summed E-state index contributed by atoms with van der Waals surface area (Å²) in [5, 5.41) is 3.13. The van der Waals surface area contributed by atoms with Gasteiger partial charge >= 0.3 is 0 Å². The monoisotopic (exact) mass is 275 g/mol. The van der Waals surface area contributed by atoms with E-state index in [9.17, 15) is 4.79 Å². The number of carbonyl (C=O) groups is 1. The zero-order valence-corrected chi connectivity index (χ0v) is 12.1. The minimum atomic E-state index is -0.190. The summed E-state index contributed by atoms with van der Waals surface area (Å²) in [4.78, 5) is 12.4. The quantitative estimate of drug-likeness (QED) is 0.921. The predicted octanol–water partition coefficient (Wildman–Crippen LogP) is 3.17. The summed E-state index contributed by atoms with van der Waals surface area (Å²) in [7, 11) is 0. The Kier molecular flexibility index (Phi) is 3.32. The Balaban J connectivity index is 1.70. The van der Waals surface area contributed by atoms with Gasteiger partial charge in [-0.3, -0.25) is 4.79 Å². The minimum absolute atomic E-state index is 0.0191. The number of carbonyl (C=O) groups excluding carboxylic acids is 1. The molecular weight excluding hydrogens is 254 g/mol. The molecule has 1 aromatic rings. The van der Waals surface area contributed by atoms with Gasteiger partial charge in [-0.25, -0.2) is 0 Å². The van der Waals surface area contributed by atoms with Crippen molar-refractivity contribution in [1.82, 2.24) is 5.32 Å². The maximum Gasteiger partial charge on any atom is 0.231 e. The van der Waals surface area contributed by atoms with E-state index in [4.69, 9.17) is 9.47 Å². The van der Waals surface area contributed by atoms with Crippen LogP contribution in [0.2, 0.25) is 0 Å². The summed E-state index contributed by atoms with van der Waals surface area (Å²) in [6, 6.07) is 5.81. The molecule has 1 unspecified atom stereocenters. The molecule has 1 amide bonds. The Bertz CT molecular complexity index is 520. The van der Waals surface area contributed by atoms with E-state index in [1.54, 1.807) is 0 Å². The smallest absolute Gasteiger partial charge is 0.231 e. The molecule has 3 rings (SSSR count). The van der Waals surface area contributed by atoms with Crippen LogP contribution in [0.4, 0.5) is 0 Å². The number of hydrogen-bond acceptors (Lipinski definition) is 3. The van der Waals surface area contributed by atoms with Crippen LogP contribution >= 0.6 is 0 Å². The fraction of sp³-hybridized carbons (Fsp3) is 0.562. The minimum Gasteiger partial charge on any atom is -0.454 e. The van der Waals surface area contributed by atoms with E-state index in [0.717, 1.165) is 42.7 Å². The zero-order valence-electron chi connectivity index (χ0n) is 12.1. The van der Waals surface area contributed by atoms with Crippen molar-refractivity contribution in [2.45, 2.75) is 45.6 Å². The molecule has 1 aliphatic carbocycles. The van der Waals surface area contributed by atoms with Gasteiger partial charge < -0.3 is 14.8 Å². The van der Waals surface area contributed by atoms with E-state index in [1.807, 2.05) is 25.1 Å². The van der Waals surface area contributed by atoms with Crippen molar-refractivity contribution in [3.8, 4) is 11.5 Å². The van der Waals surface area contributed by atoms with Gasteiger partial charge in [-0.15, -0.1) is 0 Å². The molecule has 1 atom stereocenters. The van der Waals surface area contributed by atoms with E-state index in [0.29, 0.717) is 0 Å². The van der Waals surface area contributed by atoms with Crippen LogP contribution in [0.1, 0.15) is 51.1 Å². The van der Waals surface area contributed by atoms with Crippen LogP contribution in [0.3, 0.4) is 0 Å². The normalized spacial score (nSPS) is 20.7. The van der Waals surface area contributed by atoms with Gasteiger partial charge in [-0.2, -0.15) is 0 Å². The van der Waals surface area contributed by atoms with Crippen LogP contribution in [0, 0.1) is 5.41 Å². The molecule has 0 spiro atoms. The van der Waals surface area contributed by atoms with E-state index in [2.05, 4.69) is 12.2 Å². The van der Waals surface area contributed by atoms with Crippen LogP contribution in [0.15, 0.2) is 18.2 Å². The lowest BCUT2D eigenvalue weighted by Crippen LogP contribution is -2.38. The van der Waals surface area contributed by atoms with Gasteiger partial charge in [0, 0.05) is 5.41 Å². The first-order chi connectivity index (χ1) is 9.58. The lowest BCUT2D eigenvalue weighted by molar-refractivity contribution is -0.130. The summed E-state index contributed by atoms with van der Waals surface area (Å²) in [5.74, 6) is 1.70. The lowest BCUT2D eigenvalue weighted by Gasteiger charge is -2.25. The van der Waals surface area contributed by atoms with Gasteiger partial charge in [0.15, 0.2) is 11.5 Å². The molecule has 0 bridgehead atoms. The van der Waals surface area contributed by atoms with Crippen molar-refractivity contribution in [3.05, 3.63) is 23.8 Å². The van der Waals surface area contributed by atoms with E-state index >= 15 is 0 Å². The number of fused-ring (bicyclic) bond motifs is 1. The van der Waals surface area contributed by atoms with Gasteiger partial charge in [0.1, 0.15) is 0 Å². The van der Waals surface area contributed by atoms with Crippen LogP contribution in [0.5, 0.6) is 11.5 Å². The summed E-state index contributed by atoms with van der Waals surface area (Å²) in [6.07, 6.45) is 4.30. The molecule has 1 aliphatic heterocycles. The number of amides is 1. The van der Waals surface area contributed by atoms with Gasteiger partial charge in [0.25, 0.3) is 0 Å². The first kappa shape index (κ1) is 13.3. The molecule has 20 heavy (non-hydrogen) atoms. The Morgan fingerprint density at radius 2 is 1.95 bits per heavy atom. The SMILES string of the molecule is CC(NC(=O)C1(C)CCCC1)c1ccc2c(c1)OCO2. The molecule has 1 saturated carbocycles. The fourth-order valence-electron chi connectivity index (χ4n) is 3.02. The van der Waals surface area contributed by atoms with Crippen molar-refractivity contribution in [1.29, 1.82) is 0 Å². The maximum absolute atomic E-state index is 12.4. The largest absolute Gasteiger partial charge is 0.454 e. The van der Waals surface area contributed by atoms with Crippen LogP contribution in [-0.4, -0.2) is 12.7 Å². The second-order valence-electron chi connectivity index (χ2n) is 6.08. The average molecular weight is 275 g/mol. The molecule has 4 nitrogen and oxygen atoms in total. The molecule has 1 fully saturated rings. The molecule has 108 valence electrons. The molecular formula is C16H21NO3. The Labute approximate surface area is 119 Å². The van der Waals surface area contributed by atoms with Crippen molar-refractivity contribution < 1.29 is 14.3 Å². The highest BCUT2D eigenvalue weighted by Crippen LogP contribution is 2.38. The second-order valence-corrected chi connectivity index (χ2v) is 6.08. The molecule has 1 aromatic carbocycles. The molecule has 0 saturated heterocycles. The average Bonchev–Trinajstić information content (AvgIpc) is 3.06. The molecule has 2 aliphatic rings. The Morgan fingerprint density at radius 1 is 1.25 bits per heavy atom. The van der Waals surface area contributed by atoms with Crippen molar-refractivity contribution in [2.24, 2.45) is 5.41 Å². The summed E-state index contributed by atoms with van der Waals surface area (Å²) in [6.45, 7) is 4.35. The molecule has 4 heteroatoms. The third kappa shape index (κ3) is 2.35. The standard InChI is InChI=1S/C16H21NO3/c1-11(17-15(18)16(2)7-3-4-8-16)12-5-6-13-14(9-12)20-10-19-13/h5-6,9,11H,3-4,7-8,10H2,1-2H3,(H,17,18). The topological polar surface area (TPSA) is 47.6 Å². The number of ether oxygens (including phenoxy) is 2. The van der Waals surface area contributed by atoms with Crippen molar-refractivity contribution >= 4 is 5.91 Å². The van der Waals surface area contributed by atoms with Gasteiger partial charge in [0.05, 0.1) is 6.04 Å². The zero-order chi connectivity index (χ0) is 14.2. The number of nitrogens with one attached hydrogen (secondary N) is 1. The van der Waals surface area contributed by atoms with Crippen LogP contribution in [0.25, 0.3) is 0 Å². The molecule has 0 radical (unpaired) electrons. The Morgan fingerprint density at radius 3 is 2.70 bits per heavy atom. The summed E-state index contributed by atoms with van der Waals surface area (Å²) < 4.78 is 10.7. The maximum atomic E-state index is 12.4. The predicted molar refractivity (Wildman–Crippen MR) is 75.7 cm³/mol. The Hall–Kier alpha value is -1.71. The number of hydrogen-bond donors (Lipinski definition) is 1. The highest BCUT2D eigenvalue weighted by atomic mass is 16.7. The molecule has 1 heterocycles. The van der Waals surface area contributed by atoms with Gasteiger partial charge in [-0.1, -0.05) is 25.8 Å². The van der Waals surface area contributed by atoms with Crippen molar-refractivity contribution in [3.63, 3.8) is 0 Å². The van der Waals surface area contributed by atoms with E-state index in [-0.39, 0.29) is 24.2 Å². The van der Waals surface area contributed by atoms with E-state index in [1.165, 1.54) is 0 Å². The van der Waals surface area contributed by atoms with Crippen LogP contribution in [-0.2, 0) is 4.79 Å². The fourth-order valence-corrected chi connectivity index (χ4v) is 3.02. The highest BCUT2D eigenvalue weighted by Gasteiger charge is 2.36. The lowest BCUT2D eigenvalue weighted by atomic mass is 9.87. The van der Waals surface area contributed by atoms with Gasteiger partial charge in [-0.05, 0) is 37.5 Å². The highest BCUT2D eigenvalue weighted by molar-refractivity contribution is 5.82. The first-order valence-electron chi connectivity index (χ1n) is 7.29. The first-order valence-corrected chi connectivity index (χ1v) is 7.29. The summed E-state index contributed by atoms with van der Waals surface area (Å²) in [5.41, 5.74) is 0.856. The van der Waals surface area contributed by atoms with Crippen molar-refractivity contribution in [2.75, 3.05) is 6.79 Å². The second kappa shape index (κ2) is 5.00. The third-order valence-electron chi connectivity index (χ3n) is 4.50. The van der Waals surface area contributed by atoms with E-state index < -0.39 is 0 Å². The van der Waals surface area contributed by atoms with Crippen LogP contribution < -0.4 is 14.8 Å².